The third kappa shape index (κ3) is 6.55. The first-order chi connectivity index (χ1) is 27.6. The maximum Gasteiger partial charge on any atom is 0.0831 e. The molecule has 8 rings (SSSR count). The molecule has 58 heavy (non-hydrogen) atoms. The highest BCUT2D eigenvalue weighted by molar-refractivity contribution is 6.91. The number of nitrogens with zero attached hydrogens (tertiary/aromatic N) is 2. The number of rotatable bonds is 10. The highest BCUT2D eigenvalue weighted by atomic mass is 28.3. The van der Waals surface area contributed by atoms with Crippen LogP contribution in [0.4, 0.5) is 34.1 Å². The summed E-state index contributed by atoms with van der Waals surface area (Å²) in [5.41, 5.74) is 13.9. The standard InChI is InChI=1S/C54H60N2Si2/c1-35(2)57(9,10)45-31-37(5)53(38(6)32-45)55(43-19-15-13-16-20-43)49-29-25-41-24-28-48-50(30-26-42-23-27-47(49)51(41)52(42)48)56(44-21-17-14-18-22-44)54-39(7)33-46(34-40(54)8)58(11,12)36(3)4/h13-36H,1-12H3. The number of hydrogen-bond donors (Lipinski definition) is 0. The quantitative estimate of drug-likeness (QED) is 0.101. The Hall–Kier alpha value is -5.17. The normalized spacial score (nSPS) is 12.4. The van der Waals surface area contributed by atoms with Crippen LogP contribution in [0.1, 0.15) is 49.9 Å². The second-order valence-corrected chi connectivity index (χ2v) is 29.0. The Morgan fingerprint density at radius 3 is 1.02 bits per heavy atom. The Labute approximate surface area is 349 Å². The van der Waals surface area contributed by atoms with Crippen molar-refractivity contribution in [1.82, 2.24) is 0 Å². The summed E-state index contributed by atoms with van der Waals surface area (Å²) < 4.78 is 0. The average molecular weight is 793 g/mol. The highest BCUT2D eigenvalue weighted by Gasteiger charge is 2.31. The molecule has 0 unspecified atom stereocenters. The zero-order valence-corrected chi connectivity index (χ0v) is 38.8. The lowest BCUT2D eigenvalue weighted by atomic mass is 9.91. The molecule has 0 N–H and O–H groups in total. The van der Waals surface area contributed by atoms with E-state index in [2.05, 4.69) is 225 Å². The molecular formula is C54H60N2Si2. The monoisotopic (exact) mass is 792 g/mol. The minimum atomic E-state index is -1.63. The summed E-state index contributed by atoms with van der Waals surface area (Å²) in [6, 6.07) is 50.7. The Morgan fingerprint density at radius 1 is 0.397 bits per heavy atom. The number of anilines is 6. The number of para-hydroxylation sites is 2. The first kappa shape index (κ1) is 39.7. The van der Waals surface area contributed by atoms with E-state index in [4.69, 9.17) is 0 Å². The van der Waals surface area contributed by atoms with Crippen molar-refractivity contribution in [3.8, 4) is 0 Å². The van der Waals surface area contributed by atoms with Crippen molar-refractivity contribution in [3.63, 3.8) is 0 Å². The lowest BCUT2D eigenvalue weighted by molar-refractivity contribution is 1.02. The van der Waals surface area contributed by atoms with Crippen LogP contribution >= 0.6 is 0 Å². The molecule has 8 aromatic rings. The van der Waals surface area contributed by atoms with Gasteiger partial charge in [0.05, 0.1) is 38.9 Å². The van der Waals surface area contributed by atoms with E-state index in [9.17, 15) is 0 Å². The fourth-order valence-electron chi connectivity index (χ4n) is 9.12. The van der Waals surface area contributed by atoms with Crippen molar-refractivity contribution in [3.05, 3.63) is 156 Å². The van der Waals surface area contributed by atoms with Crippen LogP contribution in [-0.4, -0.2) is 16.1 Å². The molecule has 0 heterocycles. The van der Waals surface area contributed by atoms with Crippen molar-refractivity contribution in [2.75, 3.05) is 9.80 Å². The van der Waals surface area contributed by atoms with Gasteiger partial charge in [0, 0.05) is 22.1 Å². The Balaban J connectivity index is 1.39. The summed E-state index contributed by atoms with van der Waals surface area (Å²) in [7, 11) is -3.26. The summed E-state index contributed by atoms with van der Waals surface area (Å²) in [5, 5.41) is 10.8. The van der Waals surface area contributed by atoms with Crippen LogP contribution in [-0.2, 0) is 0 Å². The molecule has 8 aromatic carbocycles. The van der Waals surface area contributed by atoms with Crippen molar-refractivity contribution < 1.29 is 0 Å². The predicted octanol–water partition coefficient (Wildman–Crippen LogP) is 15.4. The van der Waals surface area contributed by atoms with Crippen LogP contribution in [0.25, 0.3) is 32.3 Å². The second kappa shape index (κ2) is 14.9. The van der Waals surface area contributed by atoms with Crippen molar-refractivity contribution in [2.24, 2.45) is 0 Å². The molecule has 0 aliphatic carbocycles. The number of hydrogen-bond acceptors (Lipinski definition) is 2. The Bertz CT molecular complexity index is 2540. The topological polar surface area (TPSA) is 6.48 Å². The SMILES string of the molecule is Cc1cc([Si](C)(C)C(C)C)cc(C)c1N(c1ccccc1)c1ccc2ccc3c(N(c4ccccc4)c4c(C)cc([Si](C)(C)C(C)C)cc4C)ccc4ccc1c2c43. The first-order valence-electron chi connectivity index (χ1n) is 21.3. The van der Waals surface area contributed by atoms with Gasteiger partial charge in [0.15, 0.2) is 0 Å². The predicted molar refractivity (Wildman–Crippen MR) is 263 cm³/mol. The van der Waals surface area contributed by atoms with E-state index in [1.165, 1.54) is 99.1 Å². The van der Waals surface area contributed by atoms with E-state index >= 15 is 0 Å². The maximum atomic E-state index is 2.53. The van der Waals surface area contributed by atoms with E-state index in [0.29, 0.717) is 11.1 Å². The molecule has 0 aliphatic heterocycles. The van der Waals surface area contributed by atoms with Crippen LogP contribution in [0, 0.1) is 27.7 Å². The smallest absolute Gasteiger partial charge is 0.0831 e. The van der Waals surface area contributed by atoms with Gasteiger partial charge in [0.25, 0.3) is 0 Å². The van der Waals surface area contributed by atoms with Crippen molar-refractivity contribution in [1.29, 1.82) is 0 Å². The Morgan fingerprint density at radius 2 is 0.707 bits per heavy atom. The maximum absolute atomic E-state index is 2.53. The Kier molecular flexibility index (Phi) is 10.2. The summed E-state index contributed by atoms with van der Waals surface area (Å²) in [6.07, 6.45) is 0. The van der Waals surface area contributed by atoms with Gasteiger partial charge in [-0.05, 0) is 119 Å². The zero-order valence-electron chi connectivity index (χ0n) is 36.8. The van der Waals surface area contributed by atoms with Gasteiger partial charge in [-0.15, -0.1) is 0 Å². The van der Waals surface area contributed by atoms with Crippen molar-refractivity contribution >= 4 is 93.0 Å². The molecule has 0 aliphatic rings. The molecule has 2 nitrogen and oxygen atoms in total. The van der Waals surface area contributed by atoms with E-state index in [0.717, 1.165) is 0 Å². The molecule has 0 saturated heterocycles. The molecule has 0 saturated carbocycles. The van der Waals surface area contributed by atoms with Gasteiger partial charge >= 0.3 is 0 Å². The van der Waals surface area contributed by atoms with Gasteiger partial charge < -0.3 is 9.80 Å². The lowest BCUT2D eigenvalue weighted by Gasteiger charge is -2.34. The van der Waals surface area contributed by atoms with Crippen LogP contribution < -0.4 is 20.2 Å². The lowest BCUT2D eigenvalue weighted by Crippen LogP contribution is -2.44. The van der Waals surface area contributed by atoms with Gasteiger partial charge in [-0.25, -0.2) is 0 Å². The fourth-order valence-corrected chi connectivity index (χ4v) is 12.8. The second-order valence-electron chi connectivity index (χ2n) is 18.6. The molecule has 0 fully saturated rings. The van der Waals surface area contributed by atoms with Crippen LogP contribution in [0.3, 0.4) is 0 Å². The van der Waals surface area contributed by atoms with Gasteiger partial charge in [0.2, 0.25) is 0 Å². The molecular weight excluding hydrogens is 733 g/mol. The molecule has 0 spiro atoms. The van der Waals surface area contributed by atoms with Crippen molar-refractivity contribution in [2.45, 2.75) is 92.7 Å². The average Bonchev–Trinajstić information content (AvgIpc) is 3.20. The van der Waals surface area contributed by atoms with E-state index in [1.807, 2.05) is 0 Å². The third-order valence-electron chi connectivity index (χ3n) is 13.9. The first-order valence-corrected chi connectivity index (χ1v) is 27.4. The molecule has 0 bridgehead atoms. The fraction of sp³-hybridized carbons (Fsp3) is 0.259. The zero-order chi connectivity index (χ0) is 41.3. The summed E-state index contributed by atoms with van der Waals surface area (Å²) in [4.78, 5) is 5.05. The van der Waals surface area contributed by atoms with Crippen LogP contribution in [0.15, 0.2) is 133 Å². The molecule has 0 atom stereocenters. The molecule has 0 radical (unpaired) electrons. The summed E-state index contributed by atoms with van der Waals surface area (Å²) >= 11 is 0. The third-order valence-corrected chi connectivity index (χ3v) is 23.3. The highest BCUT2D eigenvalue weighted by Crippen LogP contribution is 2.49. The number of benzene rings is 8. The van der Waals surface area contributed by atoms with E-state index < -0.39 is 16.1 Å². The van der Waals surface area contributed by atoms with Gasteiger partial charge in [-0.2, -0.15) is 0 Å². The number of aryl methyl sites for hydroxylation is 4. The van der Waals surface area contributed by atoms with Crippen LogP contribution in [0.5, 0.6) is 0 Å². The minimum Gasteiger partial charge on any atom is -0.309 e. The van der Waals surface area contributed by atoms with E-state index in [-0.39, 0.29) is 0 Å². The van der Waals surface area contributed by atoms with Gasteiger partial charge in [-0.3, -0.25) is 0 Å². The van der Waals surface area contributed by atoms with E-state index in [1.54, 1.807) is 0 Å². The van der Waals surface area contributed by atoms with Crippen LogP contribution in [0.2, 0.25) is 37.3 Å². The molecule has 294 valence electrons. The van der Waals surface area contributed by atoms with Gasteiger partial charge in [0.1, 0.15) is 0 Å². The molecule has 0 amide bonds. The minimum absolute atomic E-state index is 0.661. The summed E-state index contributed by atoms with van der Waals surface area (Å²) in [5.74, 6) is 0. The molecule has 0 aromatic heterocycles. The molecule has 4 heteroatoms. The van der Waals surface area contributed by atoms with Gasteiger partial charge in [-0.1, -0.05) is 161 Å². The summed E-state index contributed by atoms with van der Waals surface area (Å²) in [6.45, 7) is 28.9. The largest absolute Gasteiger partial charge is 0.309 e.